The molecule has 0 aliphatic heterocycles. The summed E-state index contributed by atoms with van der Waals surface area (Å²) >= 11 is 0. The molecule has 4 nitrogen and oxygen atoms in total. The van der Waals surface area contributed by atoms with Crippen molar-refractivity contribution in [1.29, 1.82) is 0 Å². The third-order valence-corrected chi connectivity index (χ3v) is 5.34. The van der Waals surface area contributed by atoms with Crippen LogP contribution in [0.1, 0.15) is 60.9 Å². The zero-order valence-electron chi connectivity index (χ0n) is 16.5. The van der Waals surface area contributed by atoms with Gasteiger partial charge < -0.3 is 15.2 Å². The predicted octanol–water partition coefficient (Wildman–Crippen LogP) is 4.36. The van der Waals surface area contributed by atoms with E-state index in [4.69, 9.17) is 4.74 Å². The van der Waals surface area contributed by atoms with Gasteiger partial charge in [0.2, 0.25) is 0 Å². The molecule has 0 bridgehead atoms. The van der Waals surface area contributed by atoms with E-state index in [0.717, 1.165) is 0 Å². The lowest BCUT2D eigenvalue weighted by molar-refractivity contribution is 0.102. The van der Waals surface area contributed by atoms with Crippen molar-refractivity contribution in [3.05, 3.63) is 65.7 Å². The van der Waals surface area contributed by atoms with E-state index in [0.29, 0.717) is 29.5 Å². The summed E-state index contributed by atoms with van der Waals surface area (Å²) in [5.74, 6) is 0.658. The Balaban J connectivity index is 1.42. The van der Waals surface area contributed by atoms with Crippen molar-refractivity contribution in [3.63, 3.8) is 0 Å². The van der Waals surface area contributed by atoms with Crippen LogP contribution in [0.4, 0.5) is 0 Å². The maximum Gasteiger partial charge on any atom is 0.193 e. The monoisotopic (exact) mass is 381 g/mol. The highest BCUT2D eigenvalue weighted by Gasteiger charge is 2.13. The van der Waals surface area contributed by atoms with Crippen molar-refractivity contribution >= 4 is 5.78 Å². The summed E-state index contributed by atoms with van der Waals surface area (Å²) in [7, 11) is 0. The van der Waals surface area contributed by atoms with E-state index < -0.39 is 6.10 Å². The van der Waals surface area contributed by atoms with E-state index in [1.54, 1.807) is 24.3 Å². The van der Waals surface area contributed by atoms with Gasteiger partial charge in [-0.2, -0.15) is 0 Å². The lowest BCUT2D eigenvalue weighted by Crippen LogP contribution is -2.38. The Bertz CT molecular complexity index is 706. The number of nitrogens with one attached hydrogen (secondary N) is 1. The molecular formula is C24H31NO3. The fraction of sp³-hybridized carbons (Fsp3) is 0.458. The van der Waals surface area contributed by atoms with E-state index >= 15 is 0 Å². The van der Waals surface area contributed by atoms with Crippen molar-refractivity contribution in [2.24, 2.45) is 0 Å². The topological polar surface area (TPSA) is 58.6 Å². The Labute approximate surface area is 167 Å². The smallest absolute Gasteiger partial charge is 0.193 e. The number of aliphatic hydroxyl groups is 1. The van der Waals surface area contributed by atoms with Crippen molar-refractivity contribution in [1.82, 2.24) is 5.32 Å². The summed E-state index contributed by atoms with van der Waals surface area (Å²) in [6.07, 6.45) is 8.42. The molecule has 1 fully saturated rings. The average Bonchev–Trinajstić information content (AvgIpc) is 2.72. The lowest BCUT2D eigenvalue weighted by Gasteiger charge is -2.22. The minimum absolute atomic E-state index is 0.00409. The maximum atomic E-state index is 12.4. The Hall–Kier alpha value is -2.17. The predicted molar refractivity (Wildman–Crippen MR) is 112 cm³/mol. The highest BCUT2D eigenvalue weighted by molar-refractivity contribution is 6.08. The number of carbonyl (C=O) groups excluding carboxylic acids is 1. The molecule has 0 saturated heterocycles. The van der Waals surface area contributed by atoms with Gasteiger partial charge in [-0.1, -0.05) is 62.4 Å². The summed E-state index contributed by atoms with van der Waals surface area (Å²) in [6, 6.07) is 16.8. The molecule has 0 unspecified atom stereocenters. The number of ether oxygens (including phenoxy) is 1. The first kappa shape index (κ1) is 20.6. The fourth-order valence-corrected chi connectivity index (χ4v) is 3.67. The molecule has 2 aromatic carbocycles. The normalized spacial score (nSPS) is 16.8. The van der Waals surface area contributed by atoms with E-state index in [1.807, 2.05) is 30.3 Å². The summed E-state index contributed by atoms with van der Waals surface area (Å²) < 4.78 is 5.69. The molecule has 0 amide bonds. The highest BCUT2D eigenvalue weighted by atomic mass is 16.5. The quantitative estimate of drug-likeness (QED) is 0.667. The standard InChI is InChI=1S/C24H31NO3/c26-22(17-25-21-11-7-2-1-3-8-12-21)18-28-23-15-13-20(14-16-23)24(27)19-9-5-4-6-10-19/h4-6,9-10,13-16,21-22,25-26H,1-3,7-8,11-12,17-18H2/t22-/m0/s1. The van der Waals surface area contributed by atoms with Gasteiger partial charge in [0, 0.05) is 23.7 Å². The van der Waals surface area contributed by atoms with E-state index in [2.05, 4.69) is 5.32 Å². The highest BCUT2D eigenvalue weighted by Crippen LogP contribution is 2.18. The van der Waals surface area contributed by atoms with Crippen LogP contribution in [-0.4, -0.2) is 36.2 Å². The summed E-state index contributed by atoms with van der Waals surface area (Å²) in [5, 5.41) is 13.7. The molecule has 1 atom stereocenters. The van der Waals surface area contributed by atoms with Crippen LogP contribution in [-0.2, 0) is 0 Å². The number of aliphatic hydroxyl groups excluding tert-OH is 1. The summed E-state index contributed by atoms with van der Waals surface area (Å²) in [5.41, 5.74) is 1.30. The van der Waals surface area contributed by atoms with Gasteiger partial charge in [0.1, 0.15) is 18.5 Å². The van der Waals surface area contributed by atoms with Crippen molar-refractivity contribution < 1.29 is 14.6 Å². The fourth-order valence-electron chi connectivity index (χ4n) is 3.67. The first-order valence-electron chi connectivity index (χ1n) is 10.5. The van der Waals surface area contributed by atoms with Crippen LogP contribution in [0.15, 0.2) is 54.6 Å². The Morgan fingerprint density at radius 3 is 2.21 bits per heavy atom. The van der Waals surface area contributed by atoms with Crippen LogP contribution in [0.3, 0.4) is 0 Å². The molecule has 150 valence electrons. The Morgan fingerprint density at radius 1 is 0.929 bits per heavy atom. The second-order valence-corrected chi connectivity index (χ2v) is 7.63. The molecule has 3 rings (SSSR count). The largest absolute Gasteiger partial charge is 0.491 e. The minimum atomic E-state index is -0.545. The molecule has 28 heavy (non-hydrogen) atoms. The first-order chi connectivity index (χ1) is 13.7. The van der Waals surface area contributed by atoms with Crippen molar-refractivity contribution in [3.8, 4) is 5.75 Å². The van der Waals surface area contributed by atoms with Gasteiger partial charge in [0.05, 0.1) is 0 Å². The summed E-state index contributed by atoms with van der Waals surface area (Å²) in [4.78, 5) is 12.4. The van der Waals surface area contributed by atoms with Crippen molar-refractivity contribution in [2.75, 3.05) is 13.2 Å². The molecule has 2 aromatic rings. The van der Waals surface area contributed by atoms with Gasteiger partial charge in [0.25, 0.3) is 0 Å². The first-order valence-corrected chi connectivity index (χ1v) is 10.5. The SMILES string of the molecule is O=C(c1ccccc1)c1ccc(OC[C@@H](O)CNC2CCCCCCC2)cc1. The zero-order valence-corrected chi connectivity index (χ0v) is 16.5. The molecule has 4 heteroatoms. The molecule has 0 spiro atoms. The Kier molecular flexibility index (Phi) is 8.07. The van der Waals surface area contributed by atoms with Gasteiger partial charge in [0.15, 0.2) is 5.78 Å². The average molecular weight is 382 g/mol. The Morgan fingerprint density at radius 2 is 1.54 bits per heavy atom. The number of rotatable bonds is 8. The molecule has 1 saturated carbocycles. The number of carbonyl (C=O) groups is 1. The van der Waals surface area contributed by atoms with Gasteiger partial charge >= 0.3 is 0 Å². The van der Waals surface area contributed by atoms with Crippen LogP contribution in [0, 0.1) is 0 Å². The van der Waals surface area contributed by atoms with E-state index in [-0.39, 0.29) is 12.4 Å². The van der Waals surface area contributed by atoms with Crippen molar-refractivity contribution in [2.45, 2.75) is 57.1 Å². The van der Waals surface area contributed by atoms with Crippen LogP contribution >= 0.6 is 0 Å². The van der Waals surface area contributed by atoms with Gasteiger partial charge in [-0.05, 0) is 37.1 Å². The number of hydrogen-bond donors (Lipinski definition) is 2. The molecule has 1 aliphatic rings. The zero-order chi connectivity index (χ0) is 19.6. The molecule has 1 aliphatic carbocycles. The lowest BCUT2D eigenvalue weighted by atomic mass is 9.96. The van der Waals surface area contributed by atoms with Gasteiger partial charge in [-0.25, -0.2) is 0 Å². The molecule has 0 aromatic heterocycles. The number of benzene rings is 2. The van der Waals surface area contributed by atoms with Crippen LogP contribution < -0.4 is 10.1 Å². The molecule has 0 heterocycles. The van der Waals surface area contributed by atoms with Crippen LogP contribution in [0.5, 0.6) is 5.75 Å². The molecular weight excluding hydrogens is 350 g/mol. The van der Waals surface area contributed by atoms with E-state index in [1.165, 1.54) is 44.9 Å². The van der Waals surface area contributed by atoms with Gasteiger partial charge in [-0.15, -0.1) is 0 Å². The van der Waals surface area contributed by atoms with Crippen LogP contribution in [0.2, 0.25) is 0 Å². The molecule has 0 radical (unpaired) electrons. The maximum absolute atomic E-state index is 12.4. The second kappa shape index (κ2) is 11.0. The second-order valence-electron chi connectivity index (χ2n) is 7.63. The minimum Gasteiger partial charge on any atom is -0.491 e. The summed E-state index contributed by atoms with van der Waals surface area (Å²) in [6.45, 7) is 0.793. The number of ketones is 1. The van der Waals surface area contributed by atoms with Gasteiger partial charge in [-0.3, -0.25) is 4.79 Å². The molecule has 2 N–H and O–H groups in total. The third-order valence-electron chi connectivity index (χ3n) is 5.34. The van der Waals surface area contributed by atoms with E-state index in [9.17, 15) is 9.90 Å². The number of hydrogen-bond acceptors (Lipinski definition) is 4. The van der Waals surface area contributed by atoms with Crippen LogP contribution in [0.25, 0.3) is 0 Å². The third kappa shape index (κ3) is 6.47.